The molecule has 6 nitrogen and oxygen atoms in total. The first-order chi connectivity index (χ1) is 12.2. The average Bonchev–Trinajstić information content (AvgIpc) is 3.39. The number of carbonyl (C=O) groups excluding carboxylic acids is 1. The van der Waals surface area contributed by atoms with Crippen LogP contribution in [0.4, 0.5) is 5.13 Å². The van der Waals surface area contributed by atoms with Gasteiger partial charge in [-0.2, -0.15) is 0 Å². The predicted octanol–water partition coefficient (Wildman–Crippen LogP) is 3.45. The van der Waals surface area contributed by atoms with Crippen molar-refractivity contribution in [2.45, 2.75) is 18.8 Å². The lowest BCUT2D eigenvalue weighted by molar-refractivity contribution is -0.111. The fourth-order valence-electron chi connectivity index (χ4n) is 2.62. The van der Waals surface area contributed by atoms with E-state index in [9.17, 15) is 4.79 Å². The van der Waals surface area contributed by atoms with Crippen molar-refractivity contribution in [3.8, 4) is 17.2 Å². The van der Waals surface area contributed by atoms with Crippen molar-refractivity contribution < 1.29 is 19.0 Å². The molecule has 1 aliphatic carbocycles. The number of fused-ring (bicyclic) bond motifs is 1. The molecule has 1 aromatic carbocycles. The molecule has 1 fully saturated rings. The van der Waals surface area contributed by atoms with Crippen LogP contribution in [0.25, 0.3) is 6.08 Å². The number of hydrogen-bond donors (Lipinski definition) is 1. The molecule has 2 heterocycles. The van der Waals surface area contributed by atoms with Gasteiger partial charge in [0.2, 0.25) is 11.7 Å². The van der Waals surface area contributed by atoms with Gasteiger partial charge in [0.25, 0.3) is 0 Å². The minimum absolute atomic E-state index is 0.217. The highest BCUT2D eigenvalue weighted by atomic mass is 32.1. The van der Waals surface area contributed by atoms with Crippen LogP contribution in [0.15, 0.2) is 23.6 Å². The van der Waals surface area contributed by atoms with Crippen LogP contribution in [-0.4, -0.2) is 31.2 Å². The van der Waals surface area contributed by atoms with E-state index in [4.69, 9.17) is 14.2 Å². The topological polar surface area (TPSA) is 69.7 Å². The van der Waals surface area contributed by atoms with Gasteiger partial charge in [0.15, 0.2) is 16.6 Å². The number of benzene rings is 1. The van der Waals surface area contributed by atoms with Crippen molar-refractivity contribution in [1.82, 2.24) is 4.98 Å². The van der Waals surface area contributed by atoms with Gasteiger partial charge in [0, 0.05) is 17.4 Å². The molecule has 0 spiro atoms. The quantitative estimate of drug-likeness (QED) is 0.829. The zero-order valence-corrected chi connectivity index (χ0v) is 14.6. The van der Waals surface area contributed by atoms with E-state index in [1.54, 1.807) is 13.2 Å². The molecule has 1 aliphatic heterocycles. The summed E-state index contributed by atoms with van der Waals surface area (Å²) in [6.07, 6.45) is 5.58. The highest BCUT2D eigenvalue weighted by Gasteiger charge is 2.26. The minimum atomic E-state index is -0.217. The third-order valence-corrected chi connectivity index (χ3v) is 4.80. The number of thiazole rings is 1. The Labute approximate surface area is 149 Å². The van der Waals surface area contributed by atoms with Gasteiger partial charge in [-0.05, 0) is 36.6 Å². The van der Waals surface area contributed by atoms with E-state index in [1.165, 1.54) is 30.3 Å². The molecule has 2 aromatic rings. The monoisotopic (exact) mass is 358 g/mol. The molecule has 0 radical (unpaired) electrons. The number of nitrogens with zero attached hydrogens (tertiary/aromatic N) is 1. The predicted molar refractivity (Wildman–Crippen MR) is 95.7 cm³/mol. The number of nitrogens with one attached hydrogen (secondary N) is 1. The van der Waals surface area contributed by atoms with Crippen LogP contribution in [0.1, 0.15) is 30.0 Å². The number of anilines is 1. The smallest absolute Gasteiger partial charge is 0.250 e. The van der Waals surface area contributed by atoms with Crippen LogP contribution < -0.4 is 19.5 Å². The van der Waals surface area contributed by atoms with E-state index in [-0.39, 0.29) is 5.91 Å². The van der Waals surface area contributed by atoms with E-state index in [1.807, 2.05) is 17.5 Å². The third kappa shape index (κ3) is 3.61. The zero-order valence-electron chi connectivity index (χ0n) is 13.8. The molecule has 130 valence electrons. The summed E-state index contributed by atoms with van der Waals surface area (Å²) in [6.45, 7) is 0.995. The molecule has 0 bridgehead atoms. The molecule has 7 heteroatoms. The highest BCUT2D eigenvalue weighted by Crippen LogP contribution is 2.41. The Morgan fingerprint density at radius 1 is 1.36 bits per heavy atom. The van der Waals surface area contributed by atoms with Gasteiger partial charge in [-0.1, -0.05) is 0 Å². The Morgan fingerprint density at radius 2 is 2.20 bits per heavy atom. The molecule has 2 aliphatic rings. The summed E-state index contributed by atoms with van der Waals surface area (Å²) in [4.78, 5) is 16.6. The van der Waals surface area contributed by atoms with Crippen LogP contribution >= 0.6 is 11.3 Å². The van der Waals surface area contributed by atoms with Crippen molar-refractivity contribution >= 4 is 28.5 Å². The first-order valence-electron chi connectivity index (χ1n) is 8.15. The molecular formula is C18H18N2O4S. The maximum Gasteiger partial charge on any atom is 0.250 e. The molecular weight excluding hydrogens is 340 g/mol. The number of carbonyl (C=O) groups is 1. The van der Waals surface area contributed by atoms with Crippen molar-refractivity contribution in [2.75, 3.05) is 25.6 Å². The summed E-state index contributed by atoms with van der Waals surface area (Å²) >= 11 is 1.46. The molecule has 0 unspecified atom stereocenters. The van der Waals surface area contributed by atoms with Crippen molar-refractivity contribution in [3.63, 3.8) is 0 Å². The maximum absolute atomic E-state index is 12.1. The number of hydrogen-bond acceptors (Lipinski definition) is 6. The van der Waals surface area contributed by atoms with E-state index in [0.717, 1.165) is 11.3 Å². The van der Waals surface area contributed by atoms with Gasteiger partial charge >= 0.3 is 0 Å². The van der Waals surface area contributed by atoms with Crippen molar-refractivity contribution in [2.24, 2.45) is 0 Å². The van der Waals surface area contributed by atoms with Gasteiger partial charge in [-0.3, -0.25) is 10.1 Å². The lowest BCUT2D eigenvalue weighted by atomic mass is 10.1. The molecule has 1 aromatic heterocycles. The van der Waals surface area contributed by atoms with Crippen LogP contribution in [0, 0.1) is 0 Å². The van der Waals surface area contributed by atoms with E-state index in [2.05, 4.69) is 10.3 Å². The van der Waals surface area contributed by atoms with Crippen LogP contribution in [0.3, 0.4) is 0 Å². The summed E-state index contributed by atoms with van der Waals surface area (Å²) in [6, 6.07) is 3.64. The molecule has 0 saturated heterocycles. The zero-order chi connectivity index (χ0) is 17.2. The number of ether oxygens (including phenoxy) is 3. The maximum atomic E-state index is 12.1. The Bertz CT molecular complexity index is 809. The first kappa shape index (κ1) is 16.0. The summed E-state index contributed by atoms with van der Waals surface area (Å²) < 4.78 is 16.5. The van der Waals surface area contributed by atoms with Crippen molar-refractivity contribution in [1.29, 1.82) is 0 Å². The summed E-state index contributed by atoms with van der Waals surface area (Å²) in [5.74, 6) is 2.19. The van der Waals surface area contributed by atoms with Gasteiger partial charge in [-0.25, -0.2) is 4.98 Å². The van der Waals surface area contributed by atoms with Gasteiger partial charge < -0.3 is 14.2 Å². The third-order valence-electron chi connectivity index (χ3n) is 4.03. The number of methoxy groups -OCH3 is 1. The van der Waals surface area contributed by atoms with Gasteiger partial charge in [0.1, 0.15) is 13.2 Å². The molecule has 4 rings (SSSR count). The molecule has 25 heavy (non-hydrogen) atoms. The van der Waals surface area contributed by atoms with Crippen LogP contribution in [0.5, 0.6) is 17.2 Å². The van der Waals surface area contributed by atoms with Gasteiger partial charge in [-0.15, -0.1) is 11.3 Å². The lowest BCUT2D eigenvalue weighted by Crippen LogP contribution is -2.16. The molecule has 1 saturated carbocycles. The Balaban J connectivity index is 1.45. The summed E-state index contributed by atoms with van der Waals surface area (Å²) in [7, 11) is 1.58. The second-order valence-electron chi connectivity index (χ2n) is 5.92. The highest BCUT2D eigenvalue weighted by molar-refractivity contribution is 7.14. The lowest BCUT2D eigenvalue weighted by Gasteiger charge is -2.20. The SMILES string of the molecule is COc1cc(/C=C/C(=O)Nc2nc(C3CC3)cs2)cc2c1OCCO2. The number of aromatic nitrogens is 1. The van der Waals surface area contributed by atoms with E-state index < -0.39 is 0 Å². The summed E-state index contributed by atoms with van der Waals surface area (Å²) in [5.41, 5.74) is 1.88. The Morgan fingerprint density at radius 3 is 3.00 bits per heavy atom. The van der Waals surface area contributed by atoms with Crippen LogP contribution in [-0.2, 0) is 4.79 Å². The minimum Gasteiger partial charge on any atom is -0.493 e. The summed E-state index contributed by atoms with van der Waals surface area (Å²) in [5, 5.41) is 5.45. The normalized spacial score (nSPS) is 16.0. The van der Waals surface area contributed by atoms with E-state index in [0.29, 0.717) is 41.5 Å². The van der Waals surface area contributed by atoms with Crippen molar-refractivity contribution in [3.05, 3.63) is 34.8 Å². The number of rotatable bonds is 5. The largest absolute Gasteiger partial charge is 0.493 e. The average molecular weight is 358 g/mol. The second kappa shape index (κ2) is 6.76. The molecule has 1 N–H and O–H groups in total. The van der Waals surface area contributed by atoms with Crippen LogP contribution in [0.2, 0.25) is 0 Å². The fraction of sp³-hybridized carbons (Fsp3) is 0.333. The Hall–Kier alpha value is -2.54. The number of amides is 1. The molecule has 1 amide bonds. The standard InChI is InChI=1S/C18H18N2O4S/c1-22-14-8-11(9-15-17(14)24-7-6-23-15)2-5-16(21)20-18-19-13(10-25-18)12-3-4-12/h2,5,8-10,12H,3-4,6-7H2,1H3,(H,19,20,21)/b5-2+. The Kier molecular flexibility index (Phi) is 4.31. The van der Waals surface area contributed by atoms with E-state index >= 15 is 0 Å². The molecule has 0 atom stereocenters. The second-order valence-corrected chi connectivity index (χ2v) is 6.78. The first-order valence-corrected chi connectivity index (χ1v) is 9.03. The fourth-order valence-corrected chi connectivity index (χ4v) is 3.41. The van der Waals surface area contributed by atoms with Gasteiger partial charge in [0.05, 0.1) is 12.8 Å².